The molecule has 1 heterocycles. The van der Waals surface area contributed by atoms with E-state index in [2.05, 4.69) is 4.72 Å². The summed E-state index contributed by atoms with van der Waals surface area (Å²) in [6.07, 6.45) is 0. The number of aromatic nitrogens is 2. The van der Waals surface area contributed by atoms with Crippen LogP contribution >= 0.6 is 11.6 Å². The molecule has 0 aliphatic heterocycles. The van der Waals surface area contributed by atoms with Crippen molar-refractivity contribution < 1.29 is 12.8 Å². The largest absolute Gasteiger partial charge is 0.296 e. The first-order valence-corrected chi connectivity index (χ1v) is 10.3. The molecule has 0 fully saturated rings. The van der Waals surface area contributed by atoms with Gasteiger partial charge in [0.1, 0.15) is 11.5 Å². The average molecular weight is 424 g/mol. The minimum atomic E-state index is -4.14. The number of anilines is 1. The summed E-state index contributed by atoms with van der Waals surface area (Å²) in [6.45, 7) is 3.72. The second-order valence-corrected chi connectivity index (χ2v) is 8.66. The van der Waals surface area contributed by atoms with Crippen molar-refractivity contribution in [3.05, 3.63) is 75.4 Å². The second kappa shape index (κ2) is 7.44. The second-order valence-electron chi connectivity index (χ2n) is 6.57. The van der Waals surface area contributed by atoms with Gasteiger partial charge in [0.2, 0.25) is 0 Å². The summed E-state index contributed by atoms with van der Waals surface area (Å²) in [5.74, 6) is -0.869. The third kappa shape index (κ3) is 3.57. The Morgan fingerprint density at radius 2 is 1.75 bits per heavy atom. The van der Waals surface area contributed by atoms with Crippen LogP contribution in [-0.2, 0) is 17.1 Å². The van der Waals surface area contributed by atoms with Crippen molar-refractivity contribution in [3.63, 3.8) is 0 Å². The smallest absolute Gasteiger partial charge is 0.283 e. The van der Waals surface area contributed by atoms with Gasteiger partial charge in [-0.1, -0.05) is 43.6 Å². The van der Waals surface area contributed by atoms with Crippen LogP contribution in [0.5, 0.6) is 0 Å². The van der Waals surface area contributed by atoms with Crippen LogP contribution in [0.25, 0.3) is 5.69 Å². The molecule has 0 aliphatic carbocycles. The van der Waals surface area contributed by atoms with E-state index in [1.165, 1.54) is 4.68 Å². The Bertz CT molecular complexity index is 1190. The molecule has 0 saturated carbocycles. The minimum absolute atomic E-state index is 0.0539. The van der Waals surface area contributed by atoms with E-state index in [-0.39, 0.29) is 21.5 Å². The van der Waals surface area contributed by atoms with E-state index in [1.807, 2.05) is 19.9 Å². The van der Waals surface area contributed by atoms with Gasteiger partial charge in [0.15, 0.2) is 0 Å². The Hall–Kier alpha value is -2.58. The van der Waals surface area contributed by atoms with E-state index < -0.39 is 21.4 Å². The number of halogens is 2. The third-order valence-electron chi connectivity index (χ3n) is 4.30. The van der Waals surface area contributed by atoms with Gasteiger partial charge in [-0.2, -0.15) is 0 Å². The maximum absolute atomic E-state index is 13.4. The third-order valence-corrected chi connectivity index (χ3v) is 5.93. The average Bonchev–Trinajstić information content (AvgIpc) is 2.87. The quantitative estimate of drug-likeness (QED) is 0.676. The lowest BCUT2D eigenvalue weighted by Gasteiger charge is -2.13. The van der Waals surface area contributed by atoms with Crippen LogP contribution in [0.2, 0.25) is 5.02 Å². The lowest BCUT2D eigenvalue weighted by molar-refractivity contribution is 0.594. The molecular weight excluding hydrogens is 405 g/mol. The maximum Gasteiger partial charge on any atom is 0.296 e. The van der Waals surface area contributed by atoms with Crippen molar-refractivity contribution in [1.82, 2.24) is 9.36 Å². The molecule has 6 nitrogen and oxygen atoms in total. The molecule has 2 aromatic carbocycles. The monoisotopic (exact) mass is 423 g/mol. The summed E-state index contributed by atoms with van der Waals surface area (Å²) < 4.78 is 44.4. The highest BCUT2D eigenvalue weighted by atomic mass is 35.5. The van der Waals surface area contributed by atoms with Gasteiger partial charge < -0.3 is 0 Å². The summed E-state index contributed by atoms with van der Waals surface area (Å²) >= 11 is 5.71. The van der Waals surface area contributed by atoms with Gasteiger partial charge in [-0.3, -0.25) is 14.2 Å². The highest BCUT2D eigenvalue weighted by molar-refractivity contribution is 7.92. The predicted molar refractivity (Wildman–Crippen MR) is 107 cm³/mol. The Labute approximate surface area is 167 Å². The fourth-order valence-corrected chi connectivity index (χ4v) is 4.42. The highest BCUT2D eigenvalue weighted by Crippen LogP contribution is 2.26. The molecule has 3 rings (SSSR count). The van der Waals surface area contributed by atoms with Crippen molar-refractivity contribution in [2.45, 2.75) is 24.7 Å². The molecule has 0 atom stereocenters. The van der Waals surface area contributed by atoms with Gasteiger partial charge in [-0.25, -0.2) is 17.5 Å². The Morgan fingerprint density at radius 1 is 1.11 bits per heavy atom. The van der Waals surface area contributed by atoms with Gasteiger partial charge in [-0.05, 0) is 36.2 Å². The SMILES string of the molecule is CC(C)c1c(NS(=O)(=O)c2ccc(F)c(Cl)c2)c(=O)n(-c2ccccc2)n1C. The molecule has 3 aromatic rings. The lowest BCUT2D eigenvalue weighted by atomic mass is 10.1. The predicted octanol–water partition coefficient (Wildman–Crippen LogP) is 3.89. The Morgan fingerprint density at radius 3 is 2.32 bits per heavy atom. The van der Waals surface area contributed by atoms with Crippen LogP contribution in [0.15, 0.2) is 58.2 Å². The first-order valence-electron chi connectivity index (χ1n) is 8.48. The topological polar surface area (TPSA) is 73.1 Å². The summed E-state index contributed by atoms with van der Waals surface area (Å²) in [7, 11) is -2.45. The van der Waals surface area contributed by atoms with Gasteiger partial charge >= 0.3 is 0 Å². The van der Waals surface area contributed by atoms with E-state index in [0.717, 1.165) is 18.2 Å². The lowest BCUT2D eigenvalue weighted by Crippen LogP contribution is -2.23. The van der Waals surface area contributed by atoms with Crippen LogP contribution < -0.4 is 10.3 Å². The number of hydrogen-bond donors (Lipinski definition) is 1. The number of nitrogens with one attached hydrogen (secondary N) is 1. The molecule has 9 heteroatoms. The van der Waals surface area contributed by atoms with Crippen molar-refractivity contribution in [2.24, 2.45) is 7.05 Å². The Balaban J connectivity index is 2.16. The number of nitrogens with zero attached hydrogens (tertiary/aromatic N) is 2. The van der Waals surface area contributed by atoms with E-state index in [4.69, 9.17) is 11.6 Å². The minimum Gasteiger partial charge on any atom is -0.283 e. The van der Waals surface area contributed by atoms with Crippen molar-refractivity contribution >= 4 is 27.3 Å². The van der Waals surface area contributed by atoms with Crippen molar-refractivity contribution in [3.8, 4) is 5.69 Å². The van der Waals surface area contributed by atoms with Gasteiger partial charge in [0.25, 0.3) is 15.6 Å². The standard InChI is InChI=1S/C19H19ClFN3O3S/c1-12(2)18-17(19(25)24(23(18)3)13-7-5-4-6-8-13)22-28(26,27)14-9-10-16(21)15(20)11-14/h4-12,22H,1-3H3. The van der Waals surface area contributed by atoms with E-state index in [0.29, 0.717) is 11.4 Å². The molecule has 0 amide bonds. The van der Waals surface area contributed by atoms with Crippen LogP contribution in [0.4, 0.5) is 10.1 Å². The van der Waals surface area contributed by atoms with Crippen LogP contribution in [0, 0.1) is 5.82 Å². The fraction of sp³-hybridized carbons (Fsp3) is 0.211. The molecule has 148 valence electrons. The summed E-state index contributed by atoms with van der Waals surface area (Å²) in [5, 5.41) is -0.318. The molecule has 0 radical (unpaired) electrons. The zero-order chi connectivity index (χ0) is 20.6. The molecular formula is C19H19ClFN3O3S. The molecule has 28 heavy (non-hydrogen) atoms. The first kappa shape index (κ1) is 20.2. The molecule has 0 unspecified atom stereocenters. The van der Waals surface area contributed by atoms with Crippen molar-refractivity contribution in [2.75, 3.05) is 4.72 Å². The number of hydrogen-bond acceptors (Lipinski definition) is 3. The molecule has 0 bridgehead atoms. The van der Waals surface area contributed by atoms with Crippen LogP contribution in [0.3, 0.4) is 0 Å². The van der Waals surface area contributed by atoms with E-state index in [1.54, 1.807) is 36.0 Å². The summed E-state index contributed by atoms with van der Waals surface area (Å²) in [4.78, 5) is 12.8. The summed E-state index contributed by atoms with van der Waals surface area (Å²) in [6, 6.07) is 12.0. The molecule has 1 aromatic heterocycles. The summed E-state index contributed by atoms with van der Waals surface area (Å²) in [5.41, 5.74) is 0.564. The van der Waals surface area contributed by atoms with Gasteiger partial charge in [0.05, 0.1) is 21.3 Å². The zero-order valence-electron chi connectivity index (χ0n) is 15.5. The first-order chi connectivity index (χ1) is 13.1. The molecule has 0 spiro atoms. The zero-order valence-corrected chi connectivity index (χ0v) is 17.1. The highest BCUT2D eigenvalue weighted by Gasteiger charge is 2.26. The van der Waals surface area contributed by atoms with E-state index in [9.17, 15) is 17.6 Å². The number of sulfonamides is 1. The van der Waals surface area contributed by atoms with Crippen molar-refractivity contribution in [1.29, 1.82) is 0 Å². The van der Waals surface area contributed by atoms with Crippen LogP contribution in [-0.4, -0.2) is 17.8 Å². The van der Waals surface area contributed by atoms with E-state index >= 15 is 0 Å². The van der Waals surface area contributed by atoms with Crippen LogP contribution in [0.1, 0.15) is 25.5 Å². The molecule has 0 aliphatic rings. The number of benzene rings is 2. The van der Waals surface area contributed by atoms with Gasteiger partial charge in [-0.15, -0.1) is 0 Å². The number of para-hydroxylation sites is 1. The maximum atomic E-state index is 13.4. The van der Waals surface area contributed by atoms with Gasteiger partial charge in [0, 0.05) is 7.05 Å². The Kier molecular flexibility index (Phi) is 5.36. The fourth-order valence-electron chi connectivity index (χ4n) is 3.08. The number of rotatable bonds is 5. The normalized spacial score (nSPS) is 11.8. The molecule has 1 N–H and O–H groups in total. The molecule has 0 saturated heterocycles.